The number of methoxy groups -OCH3 is 1. The number of ether oxygens (including phenoxy) is 1. The minimum atomic E-state index is -0.244. The maximum absolute atomic E-state index is 13.1. The lowest BCUT2D eigenvalue weighted by molar-refractivity contribution is 0.0966. The number of benzene rings is 2. The molecule has 0 fully saturated rings. The van der Waals surface area contributed by atoms with Gasteiger partial charge in [-0.25, -0.2) is 4.39 Å². The highest BCUT2D eigenvalue weighted by Gasteiger charge is 2.29. The van der Waals surface area contributed by atoms with Crippen LogP contribution < -0.4 is 4.74 Å². The molecular formula is C17H15FO2. The molecule has 1 atom stereocenters. The van der Waals surface area contributed by atoms with Crippen LogP contribution >= 0.6 is 0 Å². The molecule has 0 radical (unpaired) electrons. The van der Waals surface area contributed by atoms with E-state index >= 15 is 0 Å². The number of hydrogen-bond donors (Lipinski definition) is 0. The van der Waals surface area contributed by atoms with Crippen LogP contribution in [0.2, 0.25) is 0 Å². The summed E-state index contributed by atoms with van der Waals surface area (Å²) in [5.41, 5.74) is 2.69. The summed E-state index contributed by atoms with van der Waals surface area (Å²) in [6.45, 7) is 0. The van der Waals surface area contributed by atoms with Crippen molar-refractivity contribution in [1.82, 2.24) is 0 Å². The Morgan fingerprint density at radius 1 is 1.15 bits per heavy atom. The Kier molecular flexibility index (Phi) is 3.26. The van der Waals surface area contributed by atoms with Crippen molar-refractivity contribution in [2.24, 2.45) is 0 Å². The molecule has 0 aliphatic heterocycles. The van der Waals surface area contributed by atoms with Gasteiger partial charge in [0.1, 0.15) is 11.6 Å². The molecule has 0 heterocycles. The second-order valence-electron chi connectivity index (χ2n) is 4.99. The van der Waals surface area contributed by atoms with E-state index in [9.17, 15) is 9.18 Å². The average Bonchev–Trinajstić information content (AvgIpc) is 2.48. The summed E-state index contributed by atoms with van der Waals surface area (Å²) in [4.78, 5) is 12.2. The summed E-state index contributed by atoms with van der Waals surface area (Å²) in [6, 6.07) is 12.2. The first-order valence-corrected chi connectivity index (χ1v) is 6.66. The van der Waals surface area contributed by atoms with Crippen LogP contribution in [0, 0.1) is 5.82 Å². The Bertz CT molecular complexity index is 647. The van der Waals surface area contributed by atoms with Crippen molar-refractivity contribution in [3.63, 3.8) is 0 Å². The number of hydrogen-bond acceptors (Lipinski definition) is 2. The Morgan fingerprint density at radius 3 is 2.60 bits per heavy atom. The molecule has 1 aliphatic rings. The maximum atomic E-state index is 13.1. The number of Topliss-reactive ketones (excluding diaryl/α,β-unsaturated/α-hetero) is 1. The SMILES string of the molecule is COc1cccc2c1C(=O)CCC2c1ccc(F)cc1. The molecule has 0 N–H and O–H groups in total. The van der Waals surface area contributed by atoms with Crippen LogP contribution in [0.3, 0.4) is 0 Å². The summed E-state index contributed by atoms with van der Waals surface area (Å²) in [5, 5.41) is 0. The first kappa shape index (κ1) is 12.9. The number of halogens is 1. The predicted molar refractivity (Wildman–Crippen MR) is 74.8 cm³/mol. The fraction of sp³-hybridized carbons (Fsp3) is 0.235. The van der Waals surface area contributed by atoms with E-state index in [1.165, 1.54) is 12.1 Å². The van der Waals surface area contributed by atoms with Crippen LogP contribution in [0.25, 0.3) is 0 Å². The lowest BCUT2D eigenvalue weighted by Gasteiger charge is -2.26. The van der Waals surface area contributed by atoms with Crippen molar-refractivity contribution in [1.29, 1.82) is 0 Å². The van der Waals surface area contributed by atoms with Crippen molar-refractivity contribution in [2.45, 2.75) is 18.8 Å². The van der Waals surface area contributed by atoms with Crippen molar-refractivity contribution >= 4 is 5.78 Å². The van der Waals surface area contributed by atoms with Gasteiger partial charge in [-0.05, 0) is 35.7 Å². The van der Waals surface area contributed by atoms with E-state index in [0.717, 1.165) is 17.5 Å². The van der Waals surface area contributed by atoms with Crippen molar-refractivity contribution in [2.75, 3.05) is 7.11 Å². The summed E-state index contributed by atoms with van der Waals surface area (Å²) in [5.74, 6) is 0.625. The fourth-order valence-corrected chi connectivity index (χ4v) is 2.90. The molecule has 2 nitrogen and oxygen atoms in total. The molecule has 0 amide bonds. The zero-order chi connectivity index (χ0) is 14.1. The number of carbonyl (C=O) groups is 1. The first-order chi connectivity index (χ1) is 9.70. The van der Waals surface area contributed by atoms with Gasteiger partial charge in [0, 0.05) is 12.3 Å². The number of carbonyl (C=O) groups excluding carboxylic acids is 1. The van der Waals surface area contributed by atoms with Crippen LogP contribution in [-0.4, -0.2) is 12.9 Å². The highest BCUT2D eigenvalue weighted by Crippen LogP contribution is 2.40. The molecule has 1 aliphatic carbocycles. The quantitative estimate of drug-likeness (QED) is 0.826. The lowest BCUT2D eigenvalue weighted by Crippen LogP contribution is -2.17. The molecule has 0 spiro atoms. The normalized spacial score (nSPS) is 17.7. The van der Waals surface area contributed by atoms with E-state index in [4.69, 9.17) is 4.74 Å². The van der Waals surface area contributed by atoms with Crippen LogP contribution in [0.4, 0.5) is 4.39 Å². The molecule has 2 aromatic carbocycles. The van der Waals surface area contributed by atoms with Gasteiger partial charge in [-0.2, -0.15) is 0 Å². The van der Waals surface area contributed by atoms with E-state index in [1.807, 2.05) is 18.2 Å². The molecule has 2 aromatic rings. The predicted octanol–water partition coefficient (Wildman–Crippen LogP) is 3.94. The zero-order valence-electron chi connectivity index (χ0n) is 11.2. The molecule has 3 rings (SSSR count). The van der Waals surface area contributed by atoms with E-state index in [-0.39, 0.29) is 17.5 Å². The van der Waals surface area contributed by atoms with Gasteiger partial charge >= 0.3 is 0 Å². The molecule has 3 heteroatoms. The molecular weight excluding hydrogens is 255 g/mol. The summed E-state index contributed by atoms with van der Waals surface area (Å²) >= 11 is 0. The standard InChI is InChI=1S/C17H15FO2/c1-20-16-4-2-3-14-13(9-10-15(19)17(14)16)11-5-7-12(18)8-6-11/h2-8,13H,9-10H2,1H3. The van der Waals surface area contributed by atoms with E-state index in [0.29, 0.717) is 17.7 Å². The Labute approximate surface area is 117 Å². The molecule has 0 saturated heterocycles. The van der Waals surface area contributed by atoms with Crippen LogP contribution in [0.5, 0.6) is 5.75 Å². The molecule has 102 valence electrons. The van der Waals surface area contributed by atoms with Gasteiger partial charge in [0.15, 0.2) is 5.78 Å². The van der Waals surface area contributed by atoms with E-state index in [1.54, 1.807) is 19.2 Å². The maximum Gasteiger partial charge on any atom is 0.166 e. The lowest BCUT2D eigenvalue weighted by atomic mass is 9.78. The third kappa shape index (κ3) is 2.09. The molecule has 20 heavy (non-hydrogen) atoms. The van der Waals surface area contributed by atoms with Crippen molar-refractivity contribution < 1.29 is 13.9 Å². The number of fused-ring (bicyclic) bond motifs is 1. The molecule has 0 bridgehead atoms. The Balaban J connectivity index is 2.11. The Morgan fingerprint density at radius 2 is 1.90 bits per heavy atom. The van der Waals surface area contributed by atoms with E-state index < -0.39 is 0 Å². The molecule has 0 aromatic heterocycles. The van der Waals surface area contributed by atoms with Gasteiger partial charge < -0.3 is 4.74 Å². The molecule has 0 saturated carbocycles. The summed E-state index contributed by atoms with van der Waals surface area (Å²) < 4.78 is 18.4. The third-order valence-corrected chi connectivity index (χ3v) is 3.87. The third-order valence-electron chi connectivity index (χ3n) is 3.87. The van der Waals surface area contributed by atoms with Crippen molar-refractivity contribution in [3.8, 4) is 5.75 Å². The van der Waals surface area contributed by atoms with Gasteiger partial charge in [0.05, 0.1) is 12.7 Å². The smallest absolute Gasteiger partial charge is 0.166 e. The minimum Gasteiger partial charge on any atom is -0.496 e. The first-order valence-electron chi connectivity index (χ1n) is 6.66. The number of ketones is 1. The monoisotopic (exact) mass is 270 g/mol. The molecule has 1 unspecified atom stereocenters. The van der Waals surface area contributed by atoms with Crippen LogP contribution in [0.1, 0.15) is 40.2 Å². The highest BCUT2D eigenvalue weighted by atomic mass is 19.1. The van der Waals surface area contributed by atoms with Gasteiger partial charge in [-0.3, -0.25) is 4.79 Å². The topological polar surface area (TPSA) is 26.3 Å². The van der Waals surface area contributed by atoms with Crippen LogP contribution in [0.15, 0.2) is 42.5 Å². The van der Waals surface area contributed by atoms with Crippen molar-refractivity contribution in [3.05, 3.63) is 65.0 Å². The zero-order valence-corrected chi connectivity index (χ0v) is 11.2. The van der Waals surface area contributed by atoms with E-state index in [2.05, 4.69) is 0 Å². The largest absolute Gasteiger partial charge is 0.496 e. The van der Waals surface area contributed by atoms with Gasteiger partial charge in [-0.1, -0.05) is 24.3 Å². The van der Waals surface area contributed by atoms with Crippen LogP contribution in [-0.2, 0) is 0 Å². The fourth-order valence-electron chi connectivity index (χ4n) is 2.90. The summed E-state index contributed by atoms with van der Waals surface area (Å²) in [6.07, 6.45) is 1.25. The van der Waals surface area contributed by atoms with Gasteiger partial charge in [0.2, 0.25) is 0 Å². The van der Waals surface area contributed by atoms with Gasteiger partial charge in [0.25, 0.3) is 0 Å². The number of rotatable bonds is 2. The second-order valence-corrected chi connectivity index (χ2v) is 4.99. The average molecular weight is 270 g/mol. The minimum absolute atomic E-state index is 0.121. The second kappa shape index (κ2) is 5.08. The van der Waals surface area contributed by atoms with Gasteiger partial charge in [-0.15, -0.1) is 0 Å². The Hall–Kier alpha value is -2.16. The highest BCUT2D eigenvalue weighted by molar-refractivity contribution is 6.01. The summed E-state index contributed by atoms with van der Waals surface area (Å²) in [7, 11) is 1.57.